The van der Waals surface area contributed by atoms with Gasteiger partial charge in [0.2, 0.25) is 0 Å². The van der Waals surface area contributed by atoms with E-state index >= 15 is 0 Å². The summed E-state index contributed by atoms with van der Waals surface area (Å²) in [6.45, 7) is 0.859. The van der Waals surface area contributed by atoms with Gasteiger partial charge in [-0.05, 0) is 31.8 Å². The van der Waals surface area contributed by atoms with Crippen LogP contribution in [0.25, 0.3) is 4.48 Å². The summed E-state index contributed by atoms with van der Waals surface area (Å²) >= 11 is 3.45. The van der Waals surface area contributed by atoms with Crippen molar-refractivity contribution in [1.29, 1.82) is 0 Å². The highest BCUT2D eigenvalue weighted by Crippen LogP contribution is 2.20. The lowest BCUT2D eigenvalue weighted by molar-refractivity contribution is 0.457. The number of nitrogens with zero attached hydrogens (tertiary/aromatic N) is 1. The maximum atomic E-state index is 12.6. The second-order valence-corrected chi connectivity index (χ2v) is 4.18. The predicted octanol–water partition coefficient (Wildman–Crippen LogP) is 3.12. The summed E-state index contributed by atoms with van der Waals surface area (Å²) in [5, 5.41) is 0. The monoisotopic (exact) mass is 257 g/mol. The molecule has 0 saturated heterocycles. The maximum Gasteiger partial charge on any atom is 0.123 e. The molecule has 0 fully saturated rings. The lowest BCUT2D eigenvalue weighted by atomic mass is 10.2. The molecule has 0 amide bonds. The molecule has 14 heavy (non-hydrogen) atoms. The Bertz CT molecular complexity index is 317. The third kappa shape index (κ3) is 3.60. The lowest BCUT2D eigenvalue weighted by Crippen LogP contribution is -2.10. The van der Waals surface area contributed by atoms with Crippen LogP contribution in [-0.2, 0) is 0 Å². The molecule has 0 aliphatic heterocycles. The van der Waals surface area contributed by atoms with E-state index in [0.29, 0.717) is 0 Å². The van der Waals surface area contributed by atoms with Crippen molar-refractivity contribution in [2.24, 2.45) is 0 Å². The molecule has 0 aromatic heterocycles. The molecule has 76 valence electrons. The topological polar surface area (TPSA) is 3.24 Å². The zero-order chi connectivity index (χ0) is 10.6. The maximum absolute atomic E-state index is 12.6. The van der Waals surface area contributed by atoms with E-state index in [1.807, 2.05) is 20.2 Å². The summed E-state index contributed by atoms with van der Waals surface area (Å²) in [6, 6.07) is 6.43. The molecule has 1 rings (SSSR count). The van der Waals surface area contributed by atoms with Gasteiger partial charge in [-0.25, -0.2) is 4.39 Å². The average Bonchev–Trinajstić information content (AvgIpc) is 2.15. The van der Waals surface area contributed by atoms with E-state index in [2.05, 4.69) is 20.8 Å². The first-order valence-electron chi connectivity index (χ1n) is 4.36. The Kier molecular flexibility index (Phi) is 4.29. The first-order chi connectivity index (χ1) is 6.59. The van der Waals surface area contributed by atoms with Crippen molar-refractivity contribution in [2.45, 2.75) is 0 Å². The second-order valence-electron chi connectivity index (χ2n) is 3.32. The fourth-order valence-electron chi connectivity index (χ4n) is 0.990. The van der Waals surface area contributed by atoms with Gasteiger partial charge in [0.25, 0.3) is 0 Å². The van der Waals surface area contributed by atoms with Gasteiger partial charge in [0, 0.05) is 11.0 Å². The fourth-order valence-corrected chi connectivity index (χ4v) is 1.40. The van der Waals surface area contributed by atoms with Gasteiger partial charge < -0.3 is 4.90 Å². The molecular formula is C11H13BrFN. The van der Waals surface area contributed by atoms with Crippen molar-refractivity contribution in [1.82, 2.24) is 4.90 Å². The first-order valence-corrected chi connectivity index (χ1v) is 5.15. The number of halogens is 2. The Morgan fingerprint density at radius 1 is 1.36 bits per heavy atom. The van der Waals surface area contributed by atoms with E-state index < -0.39 is 0 Å². The molecule has 3 heteroatoms. The minimum Gasteiger partial charge on any atom is -0.306 e. The third-order valence-corrected chi connectivity index (χ3v) is 2.54. The number of likely N-dealkylation sites (N-methyl/N-ethyl adjacent to an activating group) is 1. The van der Waals surface area contributed by atoms with Crippen LogP contribution in [0.5, 0.6) is 0 Å². The highest BCUT2D eigenvalue weighted by molar-refractivity contribution is 9.15. The van der Waals surface area contributed by atoms with Crippen LogP contribution < -0.4 is 0 Å². The van der Waals surface area contributed by atoms with Crippen LogP contribution >= 0.6 is 15.9 Å². The molecule has 0 atom stereocenters. The molecule has 0 aliphatic carbocycles. The molecule has 0 heterocycles. The molecule has 0 spiro atoms. The highest BCUT2D eigenvalue weighted by atomic mass is 79.9. The SMILES string of the molecule is CN(C)C/C=C(/Br)c1ccc(F)cc1. The second kappa shape index (κ2) is 5.27. The molecule has 0 unspecified atom stereocenters. The first kappa shape index (κ1) is 11.4. The highest BCUT2D eigenvalue weighted by Gasteiger charge is 1.97. The van der Waals surface area contributed by atoms with Crippen molar-refractivity contribution in [3.63, 3.8) is 0 Å². The van der Waals surface area contributed by atoms with E-state index in [0.717, 1.165) is 16.6 Å². The minimum absolute atomic E-state index is 0.207. The molecule has 1 aromatic rings. The average molecular weight is 258 g/mol. The van der Waals surface area contributed by atoms with Crippen LogP contribution in [0.3, 0.4) is 0 Å². The van der Waals surface area contributed by atoms with Crippen LogP contribution in [0.4, 0.5) is 4.39 Å². The smallest absolute Gasteiger partial charge is 0.123 e. The Hall–Kier alpha value is -0.670. The van der Waals surface area contributed by atoms with Crippen LogP contribution in [0.2, 0.25) is 0 Å². The van der Waals surface area contributed by atoms with Crippen LogP contribution in [0, 0.1) is 5.82 Å². The fraction of sp³-hybridized carbons (Fsp3) is 0.273. The number of benzene rings is 1. The molecule has 0 aliphatic rings. The van der Waals surface area contributed by atoms with Gasteiger partial charge in [-0.2, -0.15) is 0 Å². The number of hydrogen-bond acceptors (Lipinski definition) is 1. The van der Waals surface area contributed by atoms with Crippen molar-refractivity contribution in [3.8, 4) is 0 Å². The molecule has 0 radical (unpaired) electrons. The van der Waals surface area contributed by atoms with Crippen molar-refractivity contribution in [2.75, 3.05) is 20.6 Å². The zero-order valence-corrected chi connectivity index (χ0v) is 9.88. The van der Waals surface area contributed by atoms with Gasteiger partial charge in [-0.1, -0.05) is 34.1 Å². The number of hydrogen-bond donors (Lipinski definition) is 0. The van der Waals surface area contributed by atoms with Gasteiger partial charge in [-0.3, -0.25) is 0 Å². The lowest BCUT2D eigenvalue weighted by Gasteiger charge is -2.06. The molecule has 1 aromatic carbocycles. The van der Waals surface area contributed by atoms with Gasteiger partial charge in [-0.15, -0.1) is 0 Å². The van der Waals surface area contributed by atoms with Gasteiger partial charge in [0.1, 0.15) is 5.82 Å². The van der Waals surface area contributed by atoms with Gasteiger partial charge in [0.05, 0.1) is 0 Å². The van der Waals surface area contributed by atoms with E-state index in [9.17, 15) is 4.39 Å². The normalized spacial score (nSPS) is 12.2. The summed E-state index contributed by atoms with van der Waals surface area (Å²) in [7, 11) is 4.00. The largest absolute Gasteiger partial charge is 0.306 e. The van der Waals surface area contributed by atoms with Crippen LogP contribution in [0.1, 0.15) is 5.56 Å². The van der Waals surface area contributed by atoms with E-state index in [-0.39, 0.29) is 5.82 Å². The molecule has 0 N–H and O–H groups in total. The summed E-state index contributed by atoms with van der Waals surface area (Å²) in [6.07, 6.45) is 2.05. The molecule has 0 saturated carbocycles. The Labute approximate surface area is 92.4 Å². The van der Waals surface area contributed by atoms with E-state index in [1.54, 1.807) is 12.1 Å². The van der Waals surface area contributed by atoms with Crippen LogP contribution in [-0.4, -0.2) is 25.5 Å². The van der Waals surface area contributed by atoms with E-state index in [1.165, 1.54) is 12.1 Å². The standard InChI is InChI=1S/C11H13BrFN/c1-14(2)8-7-11(12)9-3-5-10(13)6-4-9/h3-7H,8H2,1-2H3/b11-7+. The van der Waals surface area contributed by atoms with Gasteiger partial charge >= 0.3 is 0 Å². The summed E-state index contributed by atoms with van der Waals surface area (Å²) in [4.78, 5) is 2.06. The summed E-state index contributed by atoms with van der Waals surface area (Å²) < 4.78 is 13.6. The molecule has 1 nitrogen and oxygen atoms in total. The van der Waals surface area contributed by atoms with Crippen molar-refractivity contribution in [3.05, 3.63) is 41.7 Å². The Morgan fingerprint density at radius 2 is 1.93 bits per heavy atom. The zero-order valence-electron chi connectivity index (χ0n) is 8.30. The predicted molar refractivity (Wildman–Crippen MR) is 61.9 cm³/mol. The van der Waals surface area contributed by atoms with Gasteiger partial charge in [0.15, 0.2) is 0 Å². The summed E-state index contributed by atoms with van der Waals surface area (Å²) in [5.41, 5.74) is 0.994. The quantitative estimate of drug-likeness (QED) is 0.805. The van der Waals surface area contributed by atoms with Crippen molar-refractivity contribution < 1.29 is 4.39 Å². The van der Waals surface area contributed by atoms with Crippen LogP contribution in [0.15, 0.2) is 30.3 Å². The minimum atomic E-state index is -0.207. The third-order valence-electron chi connectivity index (χ3n) is 1.76. The van der Waals surface area contributed by atoms with E-state index in [4.69, 9.17) is 0 Å². The molecule has 0 bridgehead atoms. The summed E-state index contributed by atoms with van der Waals surface area (Å²) in [5.74, 6) is -0.207. The van der Waals surface area contributed by atoms with Crippen molar-refractivity contribution >= 4 is 20.4 Å². The Morgan fingerprint density at radius 3 is 2.43 bits per heavy atom. The molecular weight excluding hydrogens is 245 g/mol. The number of rotatable bonds is 3. The Balaban J connectivity index is 2.73.